The number of nitrogens with one attached hydrogen (secondary N) is 1. The fraction of sp³-hybridized carbons (Fsp3) is 0.250. The standard InChI is InChI=1S/C16H18BrN3O/c1-12-4-5-15(14(17)10-12)18-16(21)11-20-8-6-13(7-9-20)19(2)3/h4-10H,11H2,1-3H3/p+1. The minimum absolute atomic E-state index is 0.0536. The monoisotopic (exact) mass is 348 g/mol. The van der Waals surface area contributed by atoms with E-state index in [0.717, 1.165) is 21.4 Å². The fourth-order valence-electron chi connectivity index (χ4n) is 1.93. The van der Waals surface area contributed by atoms with Crippen molar-refractivity contribution in [2.75, 3.05) is 24.3 Å². The Bertz CT molecular complexity index is 638. The number of rotatable bonds is 4. The molecule has 5 heteroatoms. The Morgan fingerprint density at radius 2 is 1.90 bits per heavy atom. The van der Waals surface area contributed by atoms with Gasteiger partial charge in [0.2, 0.25) is 6.54 Å². The van der Waals surface area contributed by atoms with Crippen molar-refractivity contribution < 1.29 is 9.36 Å². The normalized spacial score (nSPS) is 10.3. The van der Waals surface area contributed by atoms with E-state index in [1.165, 1.54) is 0 Å². The molecule has 0 saturated heterocycles. The number of pyridine rings is 1. The minimum atomic E-state index is -0.0536. The summed E-state index contributed by atoms with van der Waals surface area (Å²) >= 11 is 3.46. The predicted molar refractivity (Wildman–Crippen MR) is 88.5 cm³/mol. The van der Waals surface area contributed by atoms with Crippen molar-refractivity contribution in [2.45, 2.75) is 13.5 Å². The van der Waals surface area contributed by atoms with Crippen molar-refractivity contribution in [1.29, 1.82) is 0 Å². The number of hydrogen-bond acceptors (Lipinski definition) is 2. The number of benzene rings is 1. The zero-order valence-corrected chi connectivity index (χ0v) is 14.0. The molecule has 1 heterocycles. The maximum Gasteiger partial charge on any atom is 0.290 e. The van der Waals surface area contributed by atoms with E-state index in [0.29, 0.717) is 0 Å². The van der Waals surface area contributed by atoms with Crippen LogP contribution in [0.2, 0.25) is 0 Å². The number of carbonyl (C=O) groups is 1. The van der Waals surface area contributed by atoms with Gasteiger partial charge >= 0.3 is 0 Å². The first-order chi connectivity index (χ1) is 9.95. The number of carbonyl (C=O) groups excluding carboxylic acids is 1. The molecule has 110 valence electrons. The maximum atomic E-state index is 12.1. The number of halogens is 1. The van der Waals surface area contributed by atoms with Crippen LogP contribution in [0.3, 0.4) is 0 Å². The van der Waals surface area contributed by atoms with Crippen LogP contribution < -0.4 is 14.8 Å². The Morgan fingerprint density at radius 3 is 2.48 bits per heavy atom. The third kappa shape index (κ3) is 4.29. The molecular weight excluding hydrogens is 330 g/mol. The third-order valence-electron chi connectivity index (χ3n) is 3.11. The van der Waals surface area contributed by atoms with Crippen molar-refractivity contribution >= 4 is 33.2 Å². The summed E-state index contributed by atoms with van der Waals surface area (Å²) in [6.07, 6.45) is 3.80. The number of nitrogens with zero attached hydrogens (tertiary/aromatic N) is 2. The van der Waals surface area contributed by atoms with Gasteiger partial charge in [-0.1, -0.05) is 6.07 Å². The summed E-state index contributed by atoms with van der Waals surface area (Å²) in [5.41, 5.74) is 3.04. The first-order valence-corrected chi connectivity index (χ1v) is 7.47. The maximum absolute atomic E-state index is 12.1. The van der Waals surface area contributed by atoms with E-state index < -0.39 is 0 Å². The zero-order valence-electron chi connectivity index (χ0n) is 12.4. The van der Waals surface area contributed by atoms with Gasteiger partial charge in [0.25, 0.3) is 5.91 Å². The molecule has 0 fully saturated rings. The zero-order chi connectivity index (χ0) is 15.4. The van der Waals surface area contributed by atoms with Gasteiger partial charge in [-0.15, -0.1) is 0 Å². The van der Waals surface area contributed by atoms with E-state index in [1.807, 2.05) is 73.2 Å². The summed E-state index contributed by atoms with van der Waals surface area (Å²) < 4.78 is 2.74. The molecule has 1 N–H and O–H groups in total. The summed E-state index contributed by atoms with van der Waals surface area (Å²) in [7, 11) is 3.97. The van der Waals surface area contributed by atoms with Gasteiger partial charge in [-0.3, -0.25) is 4.79 Å². The van der Waals surface area contributed by atoms with Gasteiger partial charge in [-0.2, -0.15) is 4.57 Å². The summed E-state index contributed by atoms with van der Waals surface area (Å²) in [5, 5.41) is 2.91. The molecule has 0 atom stereocenters. The molecule has 0 saturated carbocycles. The molecule has 0 aliphatic rings. The molecule has 0 bridgehead atoms. The molecular formula is C16H19BrN3O+. The number of aryl methyl sites for hydroxylation is 1. The highest BCUT2D eigenvalue weighted by atomic mass is 79.9. The van der Waals surface area contributed by atoms with Crippen LogP contribution in [-0.2, 0) is 11.3 Å². The lowest BCUT2D eigenvalue weighted by Gasteiger charge is -2.10. The molecule has 21 heavy (non-hydrogen) atoms. The molecule has 4 nitrogen and oxygen atoms in total. The van der Waals surface area contributed by atoms with Crippen LogP contribution in [0.15, 0.2) is 47.2 Å². The van der Waals surface area contributed by atoms with E-state index in [1.54, 1.807) is 0 Å². The fourth-order valence-corrected chi connectivity index (χ4v) is 2.52. The van der Waals surface area contributed by atoms with Crippen molar-refractivity contribution in [3.8, 4) is 0 Å². The Kier molecular flexibility index (Phi) is 4.96. The molecule has 0 aliphatic carbocycles. The predicted octanol–water partition coefficient (Wildman–Crippen LogP) is 2.75. The highest BCUT2D eigenvalue weighted by Gasteiger charge is 2.11. The number of amides is 1. The van der Waals surface area contributed by atoms with Crippen LogP contribution in [0.1, 0.15) is 5.56 Å². The summed E-state index contributed by atoms with van der Waals surface area (Å²) in [4.78, 5) is 14.1. The number of hydrogen-bond donors (Lipinski definition) is 1. The molecule has 0 aliphatic heterocycles. The van der Waals surface area contributed by atoms with Crippen molar-refractivity contribution in [1.82, 2.24) is 0 Å². The lowest BCUT2D eigenvalue weighted by molar-refractivity contribution is -0.684. The second-order valence-electron chi connectivity index (χ2n) is 5.15. The molecule has 1 aromatic carbocycles. The largest absolute Gasteiger partial charge is 0.377 e. The second-order valence-corrected chi connectivity index (χ2v) is 6.01. The number of aromatic nitrogens is 1. The first-order valence-electron chi connectivity index (χ1n) is 6.68. The molecule has 2 rings (SSSR count). The van der Waals surface area contributed by atoms with E-state index in [4.69, 9.17) is 0 Å². The van der Waals surface area contributed by atoms with Crippen LogP contribution in [0.4, 0.5) is 11.4 Å². The van der Waals surface area contributed by atoms with Crippen LogP contribution in [0.25, 0.3) is 0 Å². The number of anilines is 2. The van der Waals surface area contributed by atoms with Crippen molar-refractivity contribution in [3.63, 3.8) is 0 Å². The summed E-state index contributed by atoms with van der Waals surface area (Å²) in [6, 6.07) is 9.81. The average Bonchev–Trinajstić information content (AvgIpc) is 2.42. The molecule has 1 amide bonds. The lowest BCUT2D eigenvalue weighted by atomic mass is 10.2. The highest BCUT2D eigenvalue weighted by molar-refractivity contribution is 9.10. The van der Waals surface area contributed by atoms with Gasteiger partial charge in [0, 0.05) is 36.4 Å². The molecule has 1 aromatic heterocycles. The second kappa shape index (κ2) is 6.72. The van der Waals surface area contributed by atoms with E-state index in [-0.39, 0.29) is 12.5 Å². The average molecular weight is 349 g/mol. The molecule has 0 spiro atoms. The van der Waals surface area contributed by atoms with Crippen LogP contribution in [0, 0.1) is 6.92 Å². The Labute approximate surface area is 133 Å². The topological polar surface area (TPSA) is 36.2 Å². The van der Waals surface area contributed by atoms with Crippen molar-refractivity contribution in [3.05, 3.63) is 52.8 Å². The van der Waals surface area contributed by atoms with Gasteiger partial charge in [0.1, 0.15) is 0 Å². The molecule has 2 aromatic rings. The van der Waals surface area contributed by atoms with Crippen molar-refractivity contribution in [2.24, 2.45) is 0 Å². The Hall–Kier alpha value is -1.88. The van der Waals surface area contributed by atoms with Crippen LogP contribution in [0.5, 0.6) is 0 Å². The van der Waals surface area contributed by atoms with E-state index in [9.17, 15) is 4.79 Å². The summed E-state index contributed by atoms with van der Waals surface area (Å²) in [5.74, 6) is -0.0536. The smallest absolute Gasteiger partial charge is 0.290 e. The lowest BCUT2D eigenvalue weighted by Crippen LogP contribution is -2.39. The molecule has 0 unspecified atom stereocenters. The van der Waals surface area contributed by atoms with E-state index in [2.05, 4.69) is 21.2 Å². The van der Waals surface area contributed by atoms with Crippen LogP contribution in [-0.4, -0.2) is 20.0 Å². The Morgan fingerprint density at radius 1 is 1.24 bits per heavy atom. The van der Waals surface area contributed by atoms with Crippen LogP contribution >= 0.6 is 15.9 Å². The molecule has 0 radical (unpaired) electrons. The van der Waals surface area contributed by atoms with E-state index >= 15 is 0 Å². The van der Waals surface area contributed by atoms with Gasteiger partial charge in [-0.25, -0.2) is 0 Å². The minimum Gasteiger partial charge on any atom is -0.377 e. The van der Waals surface area contributed by atoms with Gasteiger partial charge in [0.15, 0.2) is 12.4 Å². The van der Waals surface area contributed by atoms with Gasteiger partial charge in [-0.05, 0) is 40.5 Å². The highest BCUT2D eigenvalue weighted by Crippen LogP contribution is 2.23. The Balaban J connectivity index is 2.01. The third-order valence-corrected chi connectivity index (χ3v) is 3.77. The summed E-state index contributed by atoms with van der Waals surface area (Å²) in [6.45, 7) is 2.30. The first kappa shape index (κ1) is 15.5. The quantitative estimate of drug-likeness (QED) is 0.862. The van der Waals surface area contributed by atoms with Gasteiger partial charge in [0.05, 0.1) is 5.69 Å². The SMILES string of the molecule is Cc1ccc(NC(=O)C[n+]2ccc(N(C)C)cc2)c(Br)c1. The van der Waals surface area contributed by atoms with Gasteiger partial charge < -0.3 is 10.2 Å².